The molecule has 1 N–H and O–H groups in total. The zero-order chi connectivity index (χ0) is 14.5. The van der Waals surface area contributed by atoms with E-state index in [9.17, 15) is 0 Å². The molecule has 0 aliphatic heterocycles. The third-order valence-corrected chi connectivity index (χ3v) is 6.11. The molecular weight excluding hydrogens is 425 g/mol. The highest BCUT2D eigenvalue weighted by atomic mass is 79.9. The van der Waals surface area contributed by atoms with Gasteiger partial charge in [-0.2, -0.15) is 0 Å². The van der Waals surface area contributed by atoms with Crippen molar-refractivity contribution in [2.24, 2.45) is 0 Å². The number of nitrogens with one attached hydrogen (secondary N) is 1. The summed E-state index contributed by atoms with van der Waals surface area (Å²) < 4.78 is 7.74. The summed E-state index contributed by atoms with van der Waals surface area (Å²) in [5.41, 5.74) is 0.986. The van der Waals surface area contributed by atoms with Gasteiger partial charge < -0.3 is 10.1 Å². The number of hydrogen-bond donors (Lipinski definition) is 1. The maximum Gasteiger partial charge on any atom is 0.138 e. The van der Waals surface area contributed by atoms with Crippen LogP contribution in [-0.4, -0.2) is 6.61 Å². The molecule has 0 bridgehead atoms. The molecule has 6 heteroatoms. The molecule has 1 aromatic carbocycles. The minimum absolute atomic E-state index is 0.636. The van der Waals surface area contributed by atoms with Crippen LogP contribution in [0.1, 0.15) is 18.2 Å². The molecule has 0 unspecified atom stereocenters. The topological polar surface area (TPSA) is 21.3 Å². The molecule has 0 radical (unpaired) electrons. The van der Waals surface area contributed by atoms with E-state index in [1.807, 2.05) is 18.2 Å². The van der Waals surface area contributed by atoms with E-state index in [2.05, 4.69) is 50.2 Å². The van der Waals surface area contributed by atoms with E-state index < -0.39 is 0 Å². The van der Waals surface area contributed by atoms with Crippen LogP contribution in [0.3, 0.4) is 0 Å². The van der Waals surface area contributed by atoms with Gasteiger partial charge in [0.15, 0.2) is 0 Å². The summed E-state index contributed by atoms with van der Waals surface area (Å²) in [5.74, 6) is 0.737. The lowest BCUT2D eigenvalue weighted by atomic mass is 10.3. The van der Waals surface area contributed by atoms with Crippen LogP contribution >= 0.6 is 54.8 Å². The predicted molar refractivity (Wildman–Crippen MR) is 94.3 cm³/mol. The molecule has 1 heterocycles. The van der Waals surface area contributed by atoms with E-state index in [1.165, 1.54) is 4.88 Å². The maximum absolute atomic E-state index is 6.20. The molecule has 0 fully saturated rings. The van der Waals surface area contributed by atoms with Crippen molar-refractivity contribution in [1.29, 1.82) is 0 Å². The molecule has 2 rings (SSSR count). The Hall–Kier alpha value is -0.230. The van der Waals surface area contributed by atoms with Crippen molar-refractivity contribution in [3.63, 3.8) is 0 Å². The van der Waals surface area contributed by atoms with Crippen molar-refractivity contribution in [1.82, 2.24) is 0 Å². The second-order valence-corrected chi connectivity index (χ2v) is 7.90. The molecule has 0 saturated heterocycles. The van der Waals surface area contributed by atoms with Gasteiger partial charge in [0.05, 0.1) is 15.4 Å². The zero-order valence-electron chi connectivity index (χ0n) is 10.9. The van der Waals surface area contributed by atoms with Crippen LogP contribution in [0.2, 0.25) is 5.02 Å². The van der Waals surface area contributed by atoms with Crippen molar-refractivity contribution >= 4 is 60.5 Å². The summed E-state index contributed by atoms with van der Waals surface area (Å²) in [6.45, 7) is 3.52. The predicted octanol–water partition coefficient (Wildman–Crippen LogP) is 6.33. The smallest absolute Gasteiger partial charge is 0.138 e. The SMILES string of the molecule is CCCOc1ccc(NCc2cc(Br)c(Br)s2)cc1Cl. The Morgan fingerprint density at radius 3 is 2.70 bits per heavy atom. The van der Waals surface area contributed by atoms with E-state index in [-0.39, 0.29) is 0 Å². The summed E-state index contributed by atoms with van der Waals surface area (Å²) in [4.78, 5) is 1.24. The first-order chi connectivity index (χ1) is 9.60. The number of benzene rings is 1. The number of rotatable bonds is 6. The Morgan fingerprint density at radius 1 is 1.30 bits per heavy atom. The number of halogens is 3. The molecule has 1 aromatic heterocycles. The Labute approximate surface area is 144 Å². The molecule has 0 spiro atoms. The van der Waals surface area contributed by atoms with E-state index in [1.54, 1.807) is 11.3 Å². The Balaban J connectivity index is 1.98. The normalized spacial score (nSPS) is 10.6. The fourth-order valence-corrected chi connectivity index (χ4v) is 3.96. The lowest BCUT2D eigenvalue weighted by Gasteiger charge is -2.10. The van der Waals surface area contributed by atoms with Gasteiger partial charge in [0.1, 0.15) is 5.75 Å². The first kappa shape index (κ1) is 16.1. The van der Waals surface area contributed by atoms with Gasteiger partial charge in [-0.05, 0) is 62.5 Å². The first-order valence-corrected chi connectivity index (χ1v) is 8.98. The van der Waals surface area contributed by atoms with Gasteiger partial charge in [-0.25, -0.2) is 0 Å². The summed E-state index contributed by atoms with van der Waals surface area (Å²) in [5, 5.41) is 3.99. The number of anilines is 1. The molecule has 0 aliphatic rings. The van der Waals surface area contributed by atoms with Crippen LogP contribution in [0.15, 0.2) is 32.5 Å². The van der Waals surface area contributed by atoms with Crippen LogP contribution in [0.25, 0.3) is 0 Å². The molecule has 0 amide bonds. The van der Waals surface area contributed by atoms with E-state index in [4.69, 9.17) is 16.3 Å². The second-order valence-electron chi connectivity index (χ2n) is 4.18. The summed E-state index contributed by atoms with van der Waals surface area (Å²) in [6, 6.07) is 7.88. The minimum Gasteiger partial charge on any atom is -0.492 e. The minimum atomic E-state index is 0.636. The van der Waals surface area contributed by atoms with Crippen molar-refractivity contribution in [2.75, 3.05) is 11.9 Å². The van der Waals surface area contributed by atoms with E-state index in [0.29, 0.717) is 11.6 Å². The van der Waals surface area contributed by atoms with Crippen molar-refractivity contribution in [3.05, 3.63) is 42.4 Å². The second kappa shape index (κ2) is 7.69. The van der Waals surface area contributed by atoms with Crippen LogP contribution in [0.5, 0.6) is 5.75 Å². The van der Waals surface area contributed by atoms with Gasteiger partial charge in [0.2, 0.25) is 0 Å². The van der Waals surface area contributed by atoms with Gasteiger partial charge in [-0.1, -0.05) is 18.5 Å². The van der Waals surface area contributed by atoms with Crippen LogP contribution < -0.4 is 10.1 Å². The third kappa shape index (κ3) is 4.38. The van der Waals surface area contributed by atoms with Crippen molar-refractivity contribution in [2.45, 2.75) is 19.9 Å². The Bertz CT molecular complexity index is 569. The maximum atomic E-state index is 6.20. The summed E-state index contributed by atoms with van der Waals surface area (Å²) in [6.07, 6.45) is 0.971. The van der Waals surface area contributed by atoms with Gasteiger partial charge in [0, 0.05) is 21.6 Å². The molecule has 0 saturated carbocycles. The monoisotopic (exact) mass is 437 g/mol. The zero-order valence-corrected chi connectivity index (χ0v) is 15.6. The van der Waals surface area contributed by atoms with Gasteiger partial charge in [-0.15, -0.1) is 11.3 Å². The lowest BCUT2D eigenvalue weighted by molar-refractivity contribution is 0.317. The highest BCUT2D eigenvalue weighted by Gasteiger charge is 2.06. The lowest BCUT2D eigenvalue weighted by Crippen LogP contribution is -1.99. The first-order valence-electron chi connectivity index (χ1n) is 6.20. The quantitative estimate of drug-likeness (QED) is 0.568. The molecule has 0 atom stereocenters. The van der Waals surface area contributed by atoms with Crippen LogP contribution in [0, 0.1) is 0 Å². The fraction of sp³-hybridized carbons (Fsp3) is 0.286. The number of hydrogen-bond acceptors (Lipinski definition) is 3. The number of ether oxygens (including phenoxy) is 1. The van der Waals surface area contributed by atoms with Gasteiger partial charge >= 0.3 is 0 Å². The average Bonchev–Trinajstić information content (AvgIpc) is 2.74. The average molecular weight is 440 g/mol. The van der Waals surface area contributed by atoms with Crippen LogP contribution in [0.4, 0.5) is 5.69 Å². The molecule has 2 aromatic rings. The molecule has 108 valence electrons. The van der Waals surface area contributed by atoms with Crippen molar-refractivity contribution in [3.8, 4) is 5.75 Å². The summed E-state index contributed by atoms with van der Waals surface area (Å²) in [7, 11) is 0. The summed E-state index contributed by atoms with van der Waals surface area (Å²) >= 11 is 14.9. The number of thiophene rings is 1. The highest BCUT2D eigenvalue weighted by Crippen LogP contribution is 2.33. The molecule has 2 nitrogen and oxygen atoms in total. The molecule has 20 heavy (non-hydrogen) atoms. The molecule has 0 aliphatic carbocycles. The fourth-order valence-electron chi connectivity index (χ4n) is 1.61. The van der Waals surface area contributed by atoms with Crippen LogP contribution in [-0.2, 0) is 6.54 Å². The van der Waals surface area contributed by atoms with Gasteiger partial charge in [0.25, 0.3) is 0 Å². The third-order valence-electron chi connectivity index (χ3n) is 2.56. The van der Waals surface area contributed by atoms with Gasteiger partial charge in [-0.3, -0.25) is 0 Å². The largest absolute Gasteiger partial charge is 0.492 e. The standard InChI is InChI=1S/C14H14Br2ClNOS/c1-2-5-19-13-4-3-9(6-12(13)17)18-8-10-7-11(15)14(16)20-10/h3-4,6-7,18H,2,5,8H2,1H3. The highest BCUT2D eigenvalue weighted by molar-refractivity contribution is 9.13. The van der Waals surface area contributed by atoms with Crippen molar-refractivity contribution < 1.29 is 4.74 Å². The van der Waals surface area contributed by atoms with E-state index in [0.717, 1.165) is 32.7 Å². The van der Waals surface area contributed by atoms with E-state index >= 15 is 0 Å². The molecular formula is C14H14Br2ClNOS. The Kier molecular flexibility index (Phi) is 6.20. The Morgan fingerprint density at radius 2 is 2.10 bits per heavy atom.